The molecule has 0 bridgehead atoms. The number of unbranched alkanes of at least 4 members (excludes halogenated alkanes) is 1. The average Bonchev–Trinajstić information content (AvgIpc) is 2.61. The van der Waals surface area contributed by atoms with E-state index < -0.39 is 0 Å². The highest BCUT2D eigenvalue weighted by Gasteiger charge is 2.15. The number of carbonyl (C=O) groups excluding carboxylic acids is 1. The molecule has 1 unspecified atom stereocenters. The van der Waals surface area contributed by atoms with E-state index in [0.29, 0.717) is 18.2 Å². The first kappa shape index (κ1) is 18.1. The minimum Gasteiger partial charge on any atom is -0.426 e. The van der Waals surface area contributed by atoms with Crippen LogP contribution in [0.25, 0.3) is 11.4 Å². The molecule has 5 heteroatoms. The van der Waals surface area contributed by atoms with E-state index >= 15 is 0 Å². The van der Waals surface area contributed by atoms with Crippen molar-refractivity contribution in [3.8, 4) is 17.1 Å². The van der Waals surface area contributed by atoms with Crippen LogP contribution in [0.3, 0.4) is 0 Å². The summed E-state index contributed by atoms with van der Waals surface area (Å²) in [5.41, 5.74) is 2.04. The quantitative estimate of drug-likeness (QED) is 0.546. The third kappa shape index (κ3) is 5.13. The summed E-state index contributed by atoms with van der Waals surface area (Å²) in [4.78, 5) is 20.7. The number of rotatable bonds is 8. The average molecular weight is 328 g/mol. The number of benzene rings is 1. The van der Waals surface area contributed by atoms with Crippen molar-refractivity contribution in [1.82, 2.24) is 9.97 Å². The smallest absolute Gasteiger partial charge is 0.316 e. The molecular formula is C19H24N2O3. The SMILES string of the molecule is CCCCc1cnc(-c2ccc(OC(=O)C(C)COC)cc2)nc1. The minimum absolute atomic E-state index is 0.298. The van der Waals surface area contributed by atoms with Crippen LogP contribution in [0.5, 0.6) is 5.75 Å². The Morgan fingerprint density at radius 1 is 1.17 bits per heavy atom. The number of esters is 1. The van der Waals surface area contributed by atoms with Gasteiger partial charge in [-0.15, -0.1) is 0 Å². The van der Waals surface area contributed by atoms with Crippen molar-refractivity contribution in [2.45, 2.75) is 33.1 Å². The van der Waals surface area contributed by atoms with E-state index in [1.54, 1.807) is 26.2 Å². The van der Waals surface area contributed by atoms with E-state index in [-0.39, 0.29) is 11.9 Å². The Morgan fingerprint density at radius 3 is 2.42 bits per heavy atom. The summed E-state index contributed by atoms with van der Waals surface area (Å²) in [6.45, 7) is 4.28. The molecule has 128 valence electrons. The molecule has 1 atom stereocenters. The van der Waals surface area contributed by atoms with Crippen LogP contribution in [0, 0.1) is 5.92 Å². The van der Waals surface area contributed by atoms with Crippen LogP contribution in [0.1, 0.15) is 32.3 Å². The van der Waals surface area contributed by atoms with Gasteiger partial charge in [0.25, 0.3) is 0 Å². The second-order valence-corrected chi connectivity index (χ2v) is 5.82. The number of aryl methyl sites for hydroxylation is 1. The fraction of sp³-hybridized carbons (Fsp3) is 0.421. The molecule has 1 aromatic carbocycles. The number of hydrogen-bond acceptors (Lipinski definition) is 5. The minimum atomic E-state index is -0.305. The Hall–Kier alpha value is -2.27. The zero-order valence-corrected chi connectivity index (χ0v) is 14.5. The first-order valence-corrected chi connectivity index (χ1v) is 8.26. The van der Waals surface area contributed by atoms with E-state index in [2.05, 4.69) is 16.9 Å². The highest BCUT2D eigenvalue weighted by atomic mass is 16.5. The Bertz CT molecular complexity index is 639. The summed E-state index contributed by atoms with van der Waals surface area (Å²) in [6.07, 6.45) is 7.05. The molecule has 2 aromatic rings. The van der Waals surface area contributed by atoms with Crippen molar-refractivity contribution in [2.24, 2.45) is 5.92 Å². The van der Waals surface area contributed by atoms with Gasteiger partial charge in [-0.05, 0) is 49.6 Å². The molecule has 0 fully saturated rings. The van der Waals surface area contributed by atoms with Gasteiger partial charge in [-0.1, -0.05) is 13.3 Å². The summed E-state index contributed by atoms with van der Waals surface area (Å²) in [5, 5.41) is 0. The van der Waals surface area contributed by atoms with Crippen molar-refractivity contribution in [3.63, 3.8) is 0 Å². The molecule has 0 saturated carbocycles. The first-order chi connectivity index (χ1) is 11.6. The van der Waals surface area contributed by atoms with Gasteiger partial charge in [-0.25, -0.2) is 9.97 Å². The highest BCUT2D eigenvalue weighted by Crippen LogP contribution is 2.20. The molecule has 0 aliphatic rings. The predicted molar refractivity (Wildman–Crippen MR) is 92.8 cm³/mol. The second kappa shape index (κ2) is 9.13. The lowest BCUT2D eigenvalue weighted by Gasteiger charge is -2.10. The van der Waals surface area contributed by atoms with E-state index in [4.69, 9.17) is 9.47 Å². The molecule has 24 heavy (non-hydrogen) atoms. The number of carbonyl (C=O) groups is 1. The molecule has 0 spiro atoms. The Kier molecular flexibility index (Phi) is 6.88. The van der Waals surface area contributed by atoms with E-state index in [0.717, 1.165) is 30.4 Å². The lowest BCUT2D eigenvalue weighted by Crippen LogP contribution is -2.21. The summed E-state index contributed by atoms with van der Waals surface area (Å²) in [7, 11) is 1.56. The van der Waals surface area contributed by atoms with Crippen LogP contribution in [-0.2, 0) is 16.0 Å². The lowest BCUT2D eigenvalue weighted by molar-refractivity contribution is -0.139. The normalized spacial score (nSPS) is 12.0. The molecule has 0 saturated heterocycles. The molecule has 0 amide bonds. The van der Waals surface area contributed by atoms with Crippen LogP contribution >= 0.6 is 0 Å². The second-order valence-electron chi connectivity index (χ2n) is 5.82. The Labute approximate surface area is 143 Å². The Morgan fingerprint density at radius 2 is 1.83 bits per heavy atom. The van der Waals surface area contributed by atoms with Gasteiger partial charge >= 0.3 is 5.97 Å². The van der Waals surface area contributed by atoms with Gasteiger partial charge < -0.3 is 9.47 Å². The predicted octanol–water partition coefficient (Wildman–Crippen LogP) is 3.67. The van der Waals surface area contributed by atoms with Gasteiger partial charge in [0.2, 0.25) is 0 Å². The van der Waals surface area contributed by atoms with Gasteiger partial charge in [0.05, 0.1) is 12.5 Å². The first-order valence-electron chi connectivity index (χ1n) is 8.26. The van der Waals surface area contributed by atoms with Crippen LogP contribution < -0.4 is 4.74 Å². The molecule has 0 aliphatic heterocycles. The molecule has 1 heterocycles. The molecular weight excluding hydrogens is 304 g/mol. The van der Waals surface area contributed by atoms with E-state index in [9.17, 15) is 4.79 Å². The third-order valence-corrected chi connectivity index (χ3v) is 3.67. The van der Waals surface area contributed by atoms with Crippen molar-refractivity contribution in [1.29, 1.82) is 0 Å². The largest absolute Gasteiger partial charge is 0.426 e. The maximum absolute atomic E-state index is 11.9. The number of aromatic nitrogens is 2. The van der Waals surface area contributed by atoms with Gasteiger partial charge in [0.15, 0.2) is 5.82 Å². The monoisotopic (exact) mass is 328 g/mol. The fourth-order valence-electron chi connectivity index (χ4n) is 2.22. The molecule has 0 radical (unpaired) electrons. The summed E-state index contributed by atoms with van der Waals surface area (Å²) >= 11 is 0. The number of nitrogens with zero attached hydrogens (tertiary/aromatic N) is 2. The van der Waals surface area contributed by atoms with Crippen molar-refractivity contribution >= 4 is 5.97 Å². The summed E-state index contributed by atoms with van der Waals surface area (Å²) in [5.74, 6) is 0.571. The third-order valence-electron chi connectivity index (χ3n) is 3.67. The summed E-state index contributed by atoms with van der Waals surface area (Å²) in [6, 6.07) is 7.21. The van der Waals surface area contributed by atoms with E-state index in [1.807, 2.05) is 24.5 Å². The number of hydrogen-bond donors (Lipinski definition) is 0. The molecule has 5 nitrogen and oxygen atoms in total. The van der Waals surface area contributed by atoms with Crippen molar-refractivity contribution in [2.75, 3.05) is 13.7 Å². The molecule has 0 N–H and O–H groups in total. The molecule has 2 rings (SSSR count). The van der Waals surface area contributed by atoms with Gasteiger partial charge in [-0.2, -0.15) is 0 Å². The topological polar surface area (TPSA) is 61.3 Å². The zero-order valence-electron chi connectivity index (χ0n) is 14.5. The number of methoxy groups -OCH3 is 1. The van der Waals surface area contributed by atoms with Crippen molar-refractivity contribution < 1.29 is 14.3 Å². The maximum Gasteiger partial charge on any atom is 0.316 e. The van der Waals surface area contributed by atoms with Crippen LogP contribution in [0.15, 0.2) is 36.7 Å². The number of ether oxygens (including phenoxy) is 2. The van der Waals surface area contributed by atoms with Gasteiger partial charge in [0, 0.05) is 25.1 Å². The van der Waals surface area contributed by atoms with Crippen molar-refractivity contribution in [3.05, 3.63) is 42.2 Å². The lowest BCUT2D eigenvalue weighted by atomic mass is 10.1. The maximum atomic E-state index is 11.9. The molecule has 1 aromatic heterocycles. The standard InChI is InChI=1S/C19H24N2O3/c1-4-5-6-15-11-20-18(21-12-15)16-7-9-17(10-8-16)24-19(22)14(2)13-23-3/h7-12,14H,4-6,13H2,1-3H3. The molecule has 0 aliphatic carbocycles. The van der Waals surface area contributed by atoms with Gasteiger partial charge in [0.1, 0.15) is 5.75 Å². The fourth-order valence-corrected chi connectivity index (χ4v) is 2.22. The van der Waals surface area contributed by atoms with Crippen LogP contribution in [0.4, 0.5) is 0 Å². The van der Waals surface area contributed by atoms with E-state index in [1.165, 1.54) is 0 Å². The Balaban J connectivity index is 1.99. The summed E-state index contributed by atoms with van der Waals surface area (Å²) < 4.78 is 10.3. The van der Waals surface area contributed by atoms with Crippen LogP contribution in [0.2, 0.25) is 0 Å². The van der Waals surface area contributed by atoms with Gasteiger partial charge in [-0.3, -0.25) is 4.79 Å². The van der Waals surface area contributed by atoms with Crippen LogP contribution in [-0.4, -0.2) is 29.7 Å². The highest BCUT2D eigenvalue weighted by molar-refractivity contribution is 5.75. The zero-order chi connectivity index (χ0) is 17.4.